The van der Waals surface area contributed by atoms with Crippen LogP contribution in [-0.2, 0) is 14.4 Å². The number of nitrogens with one attached hydrogen (secondary N) is 2. The number of rotatable bonds is 8. The van der Waals surface area contributed by atoms with Gasteiger partial charge in [0.05, 0.1) is 34.6 Å². The molecule has 2 bridgehead atoms. The average molecular weight is 701 g/mol. The fourth-order valence-electron chi connectivity index (χ4n) is 8.25. The van der Waals surface area contributed by atoms with Crippen molar-refractivity contribution in [3.63, 3.8) is 0 Å². The summed E-state index contributed by atoms with van der Waals surface area (Å²) < 4.78 is 11.5. The van der Waals surface area contributed by atoms with Crippen LogP contribution in [0.5, 0.6) is 17.2 Å². The molecule has 8 rings (SSSR count). The molecule has 49 heavy (non-hydrogen) atoms. The van der Waals surface area contributed by atoms with Crippen molar-refractivity contribution in [3.8, 4) is 17.2 Å². The number of thiazole rings is 1. The molecule has 3 heterocycles. The van der Waals surface area contributed by atoms with Gasteiger partial charge >= 0.3 is 4.87 Å². The number of hydrogen-bond donors (Lipinski definition) is 3. The van der Waals surface area contributed by atoms with Crippen LogP contribution in [0.3, 0.4) is 0 Å². The number of benzene rings is 3. The Morgan fingerprint density at radius 3 is 2.43 bits per heavy atom. The molecule has 4 unspecified atom stereocenters. The molecule has 7 atom stereocenters. The first kappa shape index (κ1) is 31.1. The largest absolute Gasteiger partial charge is 0.508 e. The smallest absolute Gasteiger partial charge is 0.305 e. The summed E-state index contributed by atoms with van der Waals surface area (Å²) in [4.78, 5) is 68.6. The molecule has 15 heteroatoms. The van der Waals surface area contributed by atoms with Crippen LogP contribution in [0, 0.1) is 39.7 Å². The third-order valence-electron chi connectivity index (χ3n) is 10.1. The molecular formula is C34H28N4O9S2. The minimum absolute atomic E-state index is 0.0342. The highest BCUT2D eigenvalue weighted by atomic mass is 32.2. The third-order valence-corrected chi connectivity index (χ3v) is 12.7. The number of carbonyl (C=O) groups excluding carboxylic acids is 3. The zero-order valence-corrected chi connectivity index (χ0v) is 27.4. The summed E-state index contributed by atoms with van der Waals surface area (Å²) in [7, 11) is 1.50. The van der Waals surface area contributed by atoms with Crippen molar-refractivity contribution in [3.05, 3.63) is 97.0 Å². The number of phenols is 1. The van der Waals surface area contributed by atoms with Gasteiger partial charge in [0.1, 0.15) is 5.75 Å². The van der Waals surface area contributed by atoms with E-state index in [1.165, 1.54) is 48.4 Å². The first-order chi connectivity index (χ1) is 23.6. The van der Waals surface area contributed by atoms with Gasteiger partial charge in [0, 0.05) is 33.9 Å². The number of aromatic nitrogens is 1. The van der Waals surface area contributed by atoms with Crippen LogP contribution in [0.1, 0.15) is 22.8 Å². The molecule has 3 N–H and O–H groups in total. The van der Waals surface area contributed by atoms with Crippen LogP contribution in [-0.4, -0.2) is 51.7 Å². The number of non-ortho nitro benzene ring substituents is 1. The number of fused-ring (bicyclic) bond motifs is 9. The van der Waals surface area contributed by atoms with Gasteiger partial charge < -0.3 is 24.9 Å². The number of hydrogen-bond acceptors (Lipinski definition) is 11. The van der Waals surface area contributed by atoms with E-state index in [9.17, 15) is 34.4 Å². The van der Waals surface area contributed by atoms with Gasteiger partial charge in [-0.1, -0.05) is 17.4 Å². The first-order valence-electron chi connectivity index (χ1n) is 15.5. The van der Waals surface area contributed by atoms with Crippen LogP contribution in [0.15, 0.2) is 76.6 Å². The Hall–Kier alpha value is -5.15. The lowest BCUT2D eigenvalue weighted by Gasteiger charge is -2.43. The zero-order chi connectivity index (χ0) is 34.1. The Kier molecular flexibility index (Phi) is 7.48. The van der Waals surface area contributed by atoms with E-state index < -0.39 is 22.7 Å². The lowest BCUT2D eigenvalue weighted by atomic mass is 9.68. The van der Waals surface area contributed by atoms with Crippen molar-refractivity contribution >= 4 is 57.9 Å². The number of methoxy groups -OCH3 is 1. The van der Waals surface area contributed by atoms with Crippen LogP contribution in [0.2, 0.25) is 0 Å². The Balaban J connectivity index is 1.08. The molecule has 1 aromatic heterocycles. The molecule has 4 aromatic rings. The normalized spacial score (nSPS) is 26.2. The lowest BCUT2D eigenvalue weighted by Crippen LogP contribution is -2.42. The fraction of sp³-hybridized carbons (Fsp3) is 0.294. The first-order valence-corrected chi connectivity index (χ1v) is 17.2. The lowest BCUT2D eigenvalue weighted by molar-refractivity contribution is -0.384. The number of carbonyl (C=O) groups is 3. The van der Waals surface area contributed by atoms with Crippen molar-refractivity contribution in [1.82, 2.24) is 4.98 Å². The minimum Gasteiger partial charge on any atom is -0.508 e. The number of amides is 3. The standard InChI is InChI=1S/C34H28N4O9S2/c1-46-23-12-15(2-11-22(23)47-14-24(40)35-16-3-9-19(39)10-4-16)25-26-20-13-21(29(26)48-31-30(25)49-34(43)36-31)28-27(20)32(41)37(33(28)42)17-5-7-18(8-6-17)38(44)45/h2-12,20-21,25-29,39H,13-14H2,1H3,(H,35,40)(H,36,43)/t20-,21-,25-,26?,27?,28?,29?/m1/s1. The Morgan fingerprint density at radius 2 is 1.73 bits per heavy atom. The van der Waals surface area contributed by atoms with Crippen molar-refractivity contribution in [1.29, 1.82) is 0 Å². The maximum Gasteiger partial charge on any atom is 0.305 e. The number of thioether (sulfide) groups is 1. The van der Waals surface area contributed by atoms with E-state index in [2.05, 4.69) is 10.3 Å². The molecule has 2 saturated carbocycles. The highest BCUT2D eigenvalue weighted by Gasteiger charge is 2.69. The Morgan fingerprint density at radius 1 is 1.02 bits per heavy atom. The van der Waals surface area contributed by atoms with Gasteiger partial charge in [0.25, 0.3) is 11.6 Å². The summed E-state index contributed by atoms with van der Waals surface area (Å²) in [5.74, 6) is -1.75. The summed E-state index contributed by atoms with van der Waals surface area (Å²) in [6.07, 6.45) is 0.702. The second-order valence-corrected chi connectivity index (χ2v) is 14.7. The molecule has 3 aromatic carbocycles. The predicted molar refractivity (Wildman–Crippen MR) is 179 cm³/mol. The Bertz CT molecular complexity index is 2080. The molecule has 0 radical (unpaired) electrons. The van der Waals surface area contributed by atoms with Gasteiger partial charge in [-0.2, -0.15) is 0 Å². The molecule has 3 amide bonds. The van der Waals surface area contributed by atoms with Crippen LogP contribution in [0.25, 0.3) is 0 Å². The minimum atomic E-state index is -0.536. The second-order valence-electron chi connectivity index (χ2n) is 12.5. The molecule has 13 nitrogen and oxygen atoms in total. The summed E-state index contributed by atoms with van der Waals surface area (Å²) in [5.41, 5.74) is 1.56. The molecular weight excluding hydrogens is 673 g/mol. The maximum atomic E-state index is 14.0. The molecule has 2 aliphatic carbocycles. The van der Waals surface area contributed by atoms with Crippen LogP contribution < -0.4 is 24.6 Å². The van der Waals surface area contributed by atoms with Gasteiger partial charge in [0.2, 0.25) is 11.8 Å². The number of nitro groups is 1. The van der Waals surface area contributed by atoms with Crippen LogP contribution >= 0.6 is 23.1 Å². The summed E-state index contributed by atoms with van der Waals surface area (Å²) in [6.45, 7) is -0.293. The predicted octanol–water partition coefficient (Wildman–Crippen LogP) is 4.75. The van der Waals surface area contributed by atoms with E-state index in [4.69, 9.17) is 9.47 Å². The van der Waals surface area contributed by atoms with Crippen LogP contribution in [0.4, 0.5) is 17.1 Å². The van der Waals surface area contributed by atoms with Gasteiger partial charge in [0.15, 0.2) is 18.1 Å². The van der Waals surface area contributed by atoms with Gasteiger partial charge in [-0.3, -0.25) is 34.2 Å². The number of aromatic hydroxyl groups is 1. The van der Waals surface area contributed by atoms with E-state index in [0.717, 1.165) is 26.8 Å². The summed E-state index contributed by atoms with van der Waals surface area (Å²) >= 11 is 2.71. The molecule has 3 fully saturated rings. The zero-order valence-electron chi connectivity index (χ0n) is 25.7. The number of H-pyrrole nitrogens is 1. The second kappa shape index (κ2) is 11.8. The van der Waals surface area contributed by atoms with Crippen molar-refractivity contribution in [2.24, 2.45) is 29.6 Å². The molecule has 250 valence electrons. The van der Waals surface area contributed by atoms with Gasteiger partial charge in [-0.25, -0.2) is 0 Å². The number of aromatic amines is 1. The van der Waals surface area contributed by atoms with Crippen molar-refractivity contribution < 1.29 is 33.9 Å². The molecule has 1 saturated heterocycles. The van der Waals surface area contributed by atoms with E-state index in [-0.39, 0.29) is 63.7 Å². The molecule has 4 aliphatic rings. The van der Waals surface area contributed by atoms with Gasteiger partial charge in [-0.05, 0) is 78.3 Å². The average Bonchev–Trinajstić information content (AvgIpc) is 3.83. The van der Waals surface area contributed by atoms with E-state index >= 15 is 0 Å². The number of imide groups is 1. The van der Waals surface area contributed by atoms with Crippen molar-refractivity contribution in [2.45, 2.75) is 22.6 Å². The van der Waals surface area contributed by atoms with E-state index in [1.54, 1.807) is 30.0 Å². The number of ether oxygens (including phenoxy) is 2. The molecule has 2 aliphatic heterocycles. The SMILES string of the molecule is COc1cc([C@H]2c3sc(=O)[nH]c3SC3C2[C@H]2C[C@@H]3C3C(=O)N(c4ccc([N+](=O)[O-])cc4)C(=O)C32)ccc1OCC(=O)Nc1ccc(O)cc1. The topological polar surface area (TPSA) is 181 Å². The van der Waals surface area contributed by atoms with E-state index in [1.807, 2.05) is 12.1 Å². The number of nitro benzene ring substituents is 1. The highest BCUT2D eigenvalue weighted by molar-refractivity contribution is 8.00. The summed E-state index contributed by atoms with van der Waals surface area (Å²) in [5, 5.41) is 24.1. The quantitative estimate of drug-likeness (QED) is 0.100. The monoisotopic (exact) mass is 700 g/mol. The number of phenolic OH excluding ortho intramolecular Hbond substituents is 1. The summed E-state index contributed by atoms with van der Waals surface area (Å²) in [6, 6.07) is 17.0. The molecule has 0 spiro atoms. The third kappa shape index (κ3) is 5.06. The number of nitrogens with zero attached hydrogens (tertiary/aromatic N) is 2. The Labute approximate surface area is 286 Å². The van der Waals surface area contributed by atoms with E-state index in [0.29, 0.717) is 29.3 Å². The number of anilines is 2. The maximum absolute atomic E-state index is 14.0. The van der Waals surface area contributed by atoms with Crippen molar-refractivity contribution in [2.75, 3.05) is 23.9 Å². The van der Waals surface area contributed by atoms with Gasteiger partial charge in [-0.15, -0.1) is 11.8 Å². The highest BCUT2D eigenvalue weighted by Crippen LogP contribution is 2.68. The fourth-order valence-corrected chi connectivity index (χ4v) is 11.1.